The van der Waals surface area contributed by atoms with E-state index < -0.39 is 22.2 Å². The number of nitrogens with one attached hydrogen (secondary N) is 1. The van der Waals surface area contributed by atoms with Crippen molar-refractivity contribution >= 4 is 27.9 Å². The van der Waals surface area contributed by atoms with Crippen molar-refractivity contribution in [2.24, 2.45) is 0 Å². The van der Waals surface area contributed by atoms with Gasteiger partial charge in [0.1, 0.15) is 0 Å². The van der Waals surface area contributed by atoms with Gasteiger partial charge < -0.3 is 5.11 Å². The largest absolute Gasteiger partial charge is 0.481 e. The molecule has 2 N–H and O–H groups in total. The number of thioether (sulfide) groups is 1. The number of hydrogen-bond acceptors (Lipinski definition) is 4. The second-order valence-corrected chi connectivity index (χ2v) is 6.12. The number of carbonyl (C=O) groups is 1. The van der Waals surface area contributed by atoms with E-state index in [-0.39, 0.29) is 6.42 Å². The maximum Gasteiger partial charge on any atom is 0.305 e. The van der Waals surface area contributed by atoms with Gasteiger partial charge in [0.05, 0.1) is 6.42 Å². The molecule has 1 fully saturated rings. The number of hydrogen-bond donors (Lipinski definition) is 2. The van der Waals surface area contributed by atoms with Gasteiger partial charge in [-0.15, -0.1) is 0 Å². The van der Waals surface area contributed by atoms with Gasteiger partial charge in [-0.2, -0.15) is 24.5 Å². The highest BCUT2D eigenvalue weighted by Crippen LogP contribution is 2.21. The Morgan fingerprint density at radius 3 is 2.87 bits per heavy atom. The second-order valence-electron chi connectivity index (χ2n) is 3.15. The molecule has 1 aliphatic heterocycles. The predicted molar refractivity (Wildman–Crippen MR) is 58.1 cm³/mol. The van der Waals surface area contributed by atoms with Crippen LogP contribution in [0.4, 0.5) is 0 Å². The van der Waals surface area contributed by atoms with E-state index in [0.29, 0.717) is 18.1 Å². The number of nitrogens with zero attached hydrogens (tertiary/aromatic N) is 1. The molecule has 1 heterocycles. The Labute approximate surface area is 93.2 Å². The molecule has 1 saturated heterocycles. The first-order valence-electron chi connectivity index (χ1n) is 4.47. The first kappa shape index (κ1) is 12.8. The summed E-state index contributed by atoms with van der Waals surface area (Å²) in [6.45, 7) is 0.367. The predicted octanol–water partition coefficient (Wildman–Crippen LogP) is -0.657. The standard InChI is InChI=1S/C7H14N2O4S2/c1-8-15(12,13)9-2-3-14-5-6(9)4-7(10)11/h6,8H,2-5H2,1H3,(H,10,11). The van der Waals surface area contributed by atoms with Gasteiger partial charge in [-0.3, -0.25) is 4.79 Å². The van der Waals surface area contributed by atoms with Gasteiger partial charge >= 0.3 is 5.97 Å². The molecule has 1 atom stereocenters. The zero-order valence-electron chi connectivity index (χ0n) is 8.34. The lowest BCUT2D eigenvalue weighted by atomic mass is 10.2. The van der Waals surface area contributed by atoms with Crippen LogP contribution in [0.3, 0.4) is 0 Å². The normalized spacial score (nSPS) is 23.9. The summed E-state index contributed by atoms with van der Waals surface area (Å²) in [7, 11) is -2.18. The number of carboxylic acids is 1. The Morgan fingerprint density at radius 1 is 1.67 bits per heavy atom. The molecular weight excluding hydrogens is 240 g/mol. The molecule has 0 aliphatic carbocycles. The van der Waals surface area contributed by atoms with Gasteiger partial charge in [0.25, 0.3) is 10.2 Å². The quantitative estimate of drug-likeness (QED) is 0.695. The Bertz CT molecular complexity index is 330. The van der Waals surface area contributed by atoms with Crippen LogP contribution in [0.15, 0.2) is 0 Å². The molecule has 1 rings (SSSR count). The SMILES string of the molecule is CNS(=O)(=O)N1CCSCC1CC(=O)O. The molecular formula is C7H14N2O4S2. The molecule has 0 radical (unpaired) electrons. The highest BCUT2D eigenvalue weighted by Gasteiger charge is 2.32. The third kappa shape index (κ3) is 3.33. The molecule has 0 spiro atoms. The maximum atomic E-state index is 11.6. The summed E-state index contributed by atoms with van der Waals surface area (Å²) in [4.78, 5) is 10.6. The second kappa shape index (κ2) is 5.15. The van der Waals surface area contributed by atoms with Crippen LogP contribution >= 0.6 is 11.8 Å². The lowest BCUT2D eigenvalue weighted by molar-refractivity contribution is -0.137. The van der Waals surface area contributed by atoms with Crippen LogP contribution in [-0.2, 0) is 15.0 Å². The van der Waals surface area contributed by atoms with Crippen LogP contribution < -0.4 is 4.72 Å². The third-order valence-corrected chi connectivity index (χ3v) is 4.86. The van der Waals surface area contributed by atoms with E-state index in [4.69, 9.17) is 5.11 Å². The Kier molecular flexibility index (Phi) is 4.38. The van der Waals surface area contributed by atoms with Crippen molar-refractivity contribution in [1.82, 2.24) is 9.03 Å². The van der Waals surface area contributed by atoms with Crippen molar-refractivity contribution in [3.8, 4) is 0 Å². The fourth-order valence-electron chi connectivity index (χ4n) is 1.44. The van der Waals surface area contributed by atoms with Gasteiger partial charge in [0.2, 0.25) is 0 Å². The minimum absolute atomic E-state index is 0.145. The molecule has 0 aromatic rings. The average molecular weight is 254 g/mol. The fourth-order valence-corrected chi connectivity index (χ4v) is 3.82. The molecule has 0 saturated carbocycles. The van der Waals surface area contributed by atoms with Crippen molar-refractivity contribution in [3.63, 3.8) is 0 Å². The van der Waals surface area contributed by atoms with Gasteiger partial charge in [0.15, 0.2) is 0 Å². The van der Waals surface area contributed by atoms with Crippen LogP contribution in [0.2, 0.25) is 0 Å². The van der Waals surface area contributed by atoms with Crippen molar-refractivity contribution in [2.75, 3.05) is 25.1 Å². The van der Waals surface area contributed by atoms with Crippen LogP contribution in [-0.4, -0.2) is 54.9 Å². The Balaban J connectivity index is 2.78. The fraction of sp³-hybridized carbons (Fsp3) is 0.857. The van der Waals surface area contributed by atoms with E-state index in [1.807, 2.05) is 0 Å². The molecule has 6 nitrogen and oxygen atoms in total. The first-order chi connectivity index (χ1) is 6.97. The van der Waals surface area contributed by atoms with Crippen LogP contribution in [0.1, 0.15) is 6.42 Å². The minimum atomic E-state index is -3.51. The molecule has 15 heavy (non-hydrogen) atoms. The minimum Gasteiger partial charge on any atom is -0.481 e. The van der Waals surface area contributed by atoms with E-state index in [9.17, 15) is 13.2 Å². The van der Waals surface area contributed by atoms with Crippen molar-refractivity contribution in [3.05, 3.63) is 0 Å². The van der Waals surface area contributed by atoms with E-state index >= 15 is 0 Å². The van der Waals surface area contributed by atoms with Gasteiger partial charge in [-0.1, -0.05) is 0 Å². The van der Waals surface area contributed by atoms with Gasteiger partial charge in [-0.05, 0) is 0 Å². The molecule has 0 aromatic carbocycles. The average Bonchev–Trinajstić information content (AvgIpc) is 2.17. The van der Waals surface area contributed by atoms with E-state index in [1.54, 1.807) is 11.8 Å². The summed E-state index contributed by atoms with van der Waals surface area (Å²) in [6.07, 6.45) is -0.145. The summed E-state index contributed by atoms with van der Waals surface area (Å²) >= 11 is 1.58. The molecule has 88 valence electrons. The Hall–Kier alpha value is -0.310. The van der Waals surface area contributed by atoms with Crippen molar-refractivity contribution in [1.29, 1.82) is 0 Å². The summed E-state index contributed by atoms with van der Waals surface area (Å²) in [5, 5.41) is 8.67. The number of aliphatic carboxylic acids is 1. The number of rotatable bonds is 4. The topological polar surface area (TPSA) is 86.7 Å². The molecule has 0 amide bonds. The zero-order valence-corrected chi connectivity index (χ0v) is 9.97. The summed E-state index contributed by atoms with van der Waals surface area (Å²) in [5.41, 5.74) is 0. The van der Waals surface area contributed by atoms with Gasteiger partial charge in [0, 0.05) is 31.1 Å². The maximum absolute atomic E-state index is 11.6. The van der Waals surface area contributed by atoms with E-state index in [0.717, 1.165) is 0 Å². The third-order valence-electron chi connectivity index (χ3n) is 2.15. The molecule has 1 unspecified atom stereocenters. The van der Waals surface area contributed by atoms with Gasteiger partial charge in [-0.25, -0.2) is 4.72 Å². The summed E-state index contributed by atoms with van der Waals surface area (Å²) in [5.74, 6) is 0.267. The lowest BCUT2D eigenvalue weighted by Gasteiger charge is -2.32. The van der Waals surface area contributed by atoms with Crippen LogP contribution in [0.5, 0.6) is 0 Å². The highest BCUT2D eigenvalue weighted by molar-refractivity contribution is 7.99. The lowest BCUT2D eigenvalue weighted by Crippen LogP contribution is -2.50. The zero-order chi connectivity index (χ0) is 11.5. The molecule has 1 aliphatic rings. The van der Waals surface area contributed by atoms with Crippen molar-refractivity contribution < 1.29 is 18.3 Å². The van der Waals surface area contributed by atoms with Crippen LogP contribution in [0.25, 0.3) is 0 Å². The Morgan fingerprint density at radius 2 is 2.33 bits per heavy atom. The monoisotopic (exact) mass is 254 g/mol. The van der Waals surface area contributed by atoms with E-state index in [2.05, 4.69) is 4.72 Å². The molecule has 0 bridgehead atoms. The smallest absolute Gasteiger partial charge is 0.305 e. The molecule has 0 aromatic heterocycles. The summed E-state index contributed by atoms with van der Waals surface area (Å²) in [6, 6.07) is -0.446. The highest BCUT2D eigenvalue weighted by atomic mass is 32.2. The number of carboxylic acid groups (broad SMARTS) is 1. The van der Waals surface area contributed by atoms with E-state index in [1.165, 1.54) is 11.4 Å². The first-order valence-corrected chi connectivity index (χ1v) is 7.06. The molecule has 8 heteroatoms. The summed E-state index contributed by atoms with van der Waals surface area (Å²) < 4.78 is 26.6. The van der Waals surface area contributed by atoms with Crippen LogP contribution in [0, 0.1) is 0 Å². The van der Waals surface area contributed by atoms with Crippen molar-refractivity contribution in [2.45, 2.75) is 12.5 Å².